The van der Waals surface area contributed by atoms with E-state index in [1.54, 1.807) is 6.26 Å². The summed E-state index contributed by atoms with van der Waals surface area (Å²) < 4.78 is 11.0. The first kappa shape index (κ1) is 23.0. The molecule has 8 nitrogen and oxygen atoms in total. The van der Waals surface area contributed by atoms with Gasteiger partial charge in [-0.3, -0.25) is 14.7 Å². The Labute approximate surface area is 192 Å². The monoisotopic (exact) mass is 467 g/mol. The lowest BCUT2D eigenvalue weighted by Crippen LogP contribution is -2.45. The minimum absolute atomic E-state index is 0.313. The maximum Gasteiger partial charge on any atom is 0.417 e. The van der Waals surface area contributed by atoms with E-state index in [9.17, 15) is 4.79 Å². The van der Waals surface area contributed by atoms with Gasteiger partial charge in [0, 0.05) is 38.2 Å². The predicted molar refractivity (Wildman–Crippen MR) is 130 cm³/mol. The van der Waals surface area contributed by atoms with Gasteiger partial charge in [-0.2, -0.15) is 0 Å². The highest BCUT2D eigenvalue weighted by atomic mass is 31.0. The van der Waals surface area contributed by atoms with Crippen LogP contribution in [-0.4, -0.2) is 40.6 Å². The van der Waals surface area contributed by atoms with E-state index in [2.05, 4.69) is 54.8 Å². The molecule has 1 aliphatic rings. The van der Waals surface area contributed by atoms with Crippen LogP contribution in [0.4, 0.5) is 0 Å². The van der Waals surface area contributed by atoms with Crippen molar-refractivity contribution in [1.82, 2.24) is 15.2 Å². The molecule has 0 aliphatic carbocycles. The number of aliphatic carboxylic acids is 1. The van der Waals surface area contributed by atoms with Crippen LogP contribution in [0.2, 0.25) is 0 Å². The Morgan fingerprint density at radius 3 is 2.70 bits per heavy atom. The molecular weight excluding hydrogens is 441 g/mol. The number of carboxylic acid groups (broad SMARTS) is 1. The van der Waals surface area contributed by atoms with E-state index < -0.39 is 11.7 Å². The fraction of sp³-hybridized carbons (Fsp3) is 0.250. The average molecular weight is 467 g/mol. The lowest BCUT2D eigenvalue weighted by molar-refractivity contribution is -0.134. The number of carbonyl (C=O) groups is 1. The lowest BCUT2D eigenvalue weighted by atomic mass is 10.0. The molecule has 1 saturated heterocycles. The van der Waals surface area contributed by atoms with Crippen LogP contribution in [0, 0.1) is 0 Å². The largest absolute Gasteiger partial charge is 0.481 e. The molecule has 2 unspecified atom stereocenters. The van der Waals surface area contributed by atoms with Crippen molar-refractivity contribution in [3.05, 3.63) is 76.7 Å². The van der Waals surface area contributed by atoms with Gasteiger partial charge in [0.25, 0.3) is 5.97 Å². The highest BCUT2D eigenvalue weighted by molar-refractivity contribution is 7.27. The number of hydrogen-bond donors (Lipinski definition) is 3. The molecule has 2 atom stereocenters. The van der Waals surface area contributed by atoms with Crippen LogP contribution in [-0.2, 0) is 11.3 Å². The number of benzene rings is 2. The van der Waals surface area contributed by atoms with Gasteiger partial charge in [0.1, 0.15) is 5.76 Å². The first-order chi connectivity index (χ1) is 15.9. The second kappa shape index (κ2) is 10.2. The van der Waals surface area contributed by atoms with Crippen LogP contribution in [0.25, 0.3) is 22.2 Å². The maximum absolute atomic E-state index is 11.4. The van der Waals surface area contributed by atoms with Crippen LogP contribution in [0.3, 0.4) is 0 Å². The molecule has 1 fully saturated rings. The van der Waals surface area contributed by atoms with Crippen LogP contribution in [0.5, 0.6) is 0 Å². The predicted octanol–water partition coefficient (Wildman–Crippen LogP) is 3.12. The molecule has 3 heterocycles. The minimum atomic E-state index is -0.833. The Kier molecular flexibility index (Phi) is 7.08. The van der Waals surface area contributed by atoms with Gasteiger partial charge in [0.05, 0.1) is 18.3 Å². The molecule has 9 heteroatoms. The summed E-state index contributed by atoms with van der Waals surface area (Å²) in [4.78, 5) is 25.5. The Morgan fingerprint density at radius 1 is 1.18 bits per heavy atom. The molecular formula is C24H26N3O5P. The SMILES string of the molecule is CC(=O)O.O=c1[nH]c2ccc(-c3coc(CN4CCNCC4c4ccc(P)cc4)c3)cc2o1. The van der Waals surface area contributed by atoms with Crippen molar-refractivity contribution in [2.45, 2.75) is 19.5 Å². The Balaban J connectivity index is 0.000000601. The molecule has 0 bridgehead atoms. The molecule has 3 N–H and O–H groups in total. The second-order valence-electron chi connectivity index (χ2n) is 7.90. The Morgan fingerprint density at radius 2 is 1.94 bits per heavy atom. The van der Waals surface area contributed by atoms with Crippen molar-refractivity contribution in [2.75, 3.05) is 19.6 Å². The van der Waals surface area contributed by atoms with E-state index in [0.29, 0.717) is 17.1 Å². The van der Waals surface area contributed by atoms with Crippen molar-refractivity contribution in [3.8, 4) is 11.1 Å². The molecule has 0 radical (unpaired) electrons. The zero-order valence-electron chi connectivity index (χ0n) is 18.2. The summed E-state index contributed by atoms with van der Waals surface area (Å²) in [5.41, 5.74) is 4.49. The number of nitrogens with zero attached hydrogens (tertiary/aromatic N) is 1. The second-order valence-corrected chi connectivity index (χ2v) is 8.57. The van der Waals surface area contributed by atoms with E-state index >= 15 is 0 Å². The first-order valence-corrected chi connectivity index (χ1v) is 11.2. The zero-order valence-corrected chi connectivity index (χ0v) is 19.4. The van der Waals surface area contributed by atoms with Crippen LogP contribution in [0.1, 0.15) is 24.3 Å². The van der Waals surface area contributed by atoms with E-state index in [1.807, 2.05) is 18.2 Å². The highest BCUT2D eigenvalue weighted by Gasteiger charge is 2.24. The van der Waals surface area contributed by atoms with Crippen molar-refractivity contribution < 1.29 is 18.7 Å². The number of H-pyrrole nitrogens is 1. The smallest absolute Gasteiger partial charge is 0.417 e. The summed E-state index contributed by atoms with van der Waals surface area (Å²) in [5, 5.41) is 12.1. The quantitative estimate of drug-likeness (QED) is 0.396. The summed E-state index contributed by atoms with van der Waals surface area (Å²) >= 11 is 0. The molecule has 172 valence electrons. The number of aromatic amines is 1. The van der Waals surface area contributed by atoms with Gasteiger partial charge in [-0.1, -0.05) is 30.3 Å². The number of nitrogens with one attached hydrogen (secondary N) is 2. The number of aromatic nitrogens is 1. The van der Waals surface area contributed by atoms with Crippen LogP contribution in [0.15, 0.2) is 68.4 Å². The minimum Gasteiger partial charge on any atom is -0.481 e. The number of piperazine rings is 1. The molecule has 0 amide bonds. The van der Waals surface area contributed by atoms with E-state index in [4.69, 9.17) is 18.7 Å². The van der Waals surface area contributed by atoms with Crippen LogP contribution < -0.4 is 16.4 Å². The van der Waals surface area contributed by atoms with E-state index in [-0.39, 0.29) is 0 Å². The van der Waals surface area contributed by atoms with Gasteiger partial charge in [-0.05, 0) is 34.6 Å². The molecule has 0 saturated carbocycles. The topological polar surface area (TPSA) is 112 Å². The summed E-state index contributed by atoms with van der Waals surface area (Å²) in [5.74, 6) is -0.352. The number of rotatable bonds is 4. The lowest BCUT2D eigenvalue weighted by Gasteiger charge is -2.36. The average Bonchev–Trinajstić information content (AvgIpc) is 3.39. The molecule has 5 rings (SSSR count). The third-order valence-corrected chi connectivity index (χ3v) is 5.83. The summed E-state index contributed by atoms with van der Waals surface area (Å²) in [6.45, 7) is 4.68. The fourth-order valence-electron chi connectivity index (χ4n) is 3.92. The number of furan rings is 1. The molecule has 4 aromatic rings. The molecule has 33 heavy (non-hydrogen) atoms. The van der Waals surface area contributed by atoms with Gasteiger partial charge < -0.3 is 19.3 Å². The molecule has 2 aromatic heterocycles. The maximum atomic E-state index is 11.4. The third-order valence-electron chi connectivity index (χ3n) is 5.44. The van der Waals surface area contributed by atoms with Gasteiger partial charge >= 0.3 is 5.76 Å². The number of fused-ring (bicyclic) bond motifs is 1. The third kappa shape index (κ3) is 5.79. The van der Waals surface area contributed by atoms with Crippen molar-refractivity contribution in [2.24, 2.45) is 0 Å². The molecule has 2 aromatic carbocycles. The van der Waals surface area contributed by atoms with Gasteiger partial charge in [-0.15, -0.1) is 9.24 Å². The van der Waals surface area contributed by atoms with Gasteiger partial charge in [0.2, 0.25) is 0 Å². The van der Waals surface area contributed by atoms with Crippen LogP contribution >= 0.6 is 9.24 Å². The normalized spacial score (nSPS) is 16.4. The Bertz CT molecular complexity index is 1290. The molecule has 1 aliphatic heterocycles. The fourth-order valence-corrected chi connectivity index (χ4v) is 4.11. The zero-order chi connectivity index (χ0) is 23.4. The van der Waals surface area contributed by atoms with Crippen molar-refractivity contribution in [3.63, 3.8) is 0 Å². The summed E-state index contributed by atoms with van der Waals surface area (Å²) in [6, 6.07) is 16.7. The van der Waals surface area contributed by atoms with E-state index in [0.717, 1.165) is 50.0 Å². The molecule has 0 spiro atoms. The number of hydrogen-bond acceptors (Lipinski definition) is 6. The van der Waals surface area contributed by atoms with Gasteiger partial charge in [-0.25, -0.2) is 4.79 Å². The summed E-state index contributed by atoms with van der Waals surface area (Å²) in [6.07, 6.45) is 1.77. The van der Waals surface area contributed by atoms with Gasteiger partial charge in [0.15, 0.2) is 5.58 Å². The van der Waals surface area contributed by atoms with Crippen molar-refractivity contribution in [1.29, 1.82) is 0 Å². The van der Waals surface area contributed by atoms with E-state index in [1.165, 1.54) is 10.9 Å². The number of oxazole rings is 1. The highest BCUT2D eigenvalue weighted by Crippen LogP contribution is 2.28. The van der Waals surface area contributed by atoms with Crippen molar-refractivity contribution >= 4 is 31.6 Å². The first-order valence-electron chi connectivity index (χ1n) is 10.6. The standard InChI is InChI=1S/C22H22N3O3P.C2H4O2/c26-22-24-19-6-3-15(10-21(19)28-22)16-9-17(27-13-16)12-25-8-7-23-11-20(25)14-1-4-18(29)5-2-14;1-2(3)4/h1-6,9-10,13,20,23H,7-8,11-12,29H2,(H,24,26);1H3,(H,3,4). The summed E-state index contributed by atoms with van der Waals surface area (Å²) in [7, 11) is 2.73. The number of carboxylic acids is 1. The Hall–Kier alpha value is -3.19.